The number of aryl methyl sites for hydroxylation is 1. The van der Waals surface area contributed by atoms with E-state index in [0.29, 0.717) is 28.0 Å². The van der Waals surface area contributed by atoms with E-state index >= 15 is 0 Å². The number of nitrogens with zero attached hydrogens (tertiary/aromatic N) is 5. The minimum absolute atomic E-state index is 0.101. The highest BCUT2D eigenvalue weighted by Crippen LogP contribution is 2.23. The molecule has 2 aromatic heterocycles. The molecule has 4 rings (SSSR count). The normalized spacial score (nSPS) is 15.8. The zero-order valence-electron chi connectivity index (χ0n) is 14.9. The molecule has 3 heterocycles. The van der Waals surface area contributed by atoms with Gasteiger partial charge in [-0.25, -0.2) is 0 Å². The quantitative estimate of drug-likeness (QED) is 0.658. The standard InChI is InChI=1S/C18H21N5O2S/c1-12-7-9-22(10-8-12)15(24)11-26-18-20-19-17-21(2)16(25)13-5-3-4-6-14(13)23(17)18/h3-6,12H,7-11H2,1-2H3. The van der Waals surface area contributed by atoms with E-state index in [1.165, 1.54) is 16.3 Å². The molecule has 1 saturated heterocycles. The van der Waals surface area contributed by atoms with Crippen molar-refractivity contribution in [1.29, 1.82) is 0 Å². The van der Waals surface area contributed by atoms with Crippen LogP contribution in [0, 0.1) is 5.92 Å². The van der Waals surface area contributed by atoms with E-state index in [2.05, 4.69) is 17.1 Å². The molecule has 0 unspecified atom stereocenters. The van der Waals surface area contributed by atoms with Crippen molar-refractivity contribution in [2.24, 2.45) is 13.0 Å². The molecule has 0 spiro atoms. The fourth-order valence-electron chi connectivity index (χ4n) is 3.38. The second kappa shape index (κ2) is 6.75. The molecule has 1 aliphatic rings. The van der Waals surface area contributed by atoms with Crippen LogP contribution in [-0.4, -0.2) is 48.8 Å². The van der Waals surface area contributed by atoms with Crippen LogP contribution < -0.4 is 5.56 Å². The molecule has 3 aromatic rings. The number of likely N-dealkylation sites (tertiary alicyclic amines) is 1. The highest BCUT2D eigenvalue weighted by molar-refractivity contribution is 7.99. The minimum Gasteiger partial charge on any atom is -0.342 e. The number of carbonyl (C=O) groups is 1. The van der Waals surface area contributed by atoms with Crippen molar-refractivity contribution in [3.63, 3.8) is 0 Å². The maximum absolute atomic E-state index is 12.5. The van der Waals surface area contributed by atoms with Gasteiger partial charge in [0, 0.05) is 20.1 Å². The van der Waals surface area contributed by atoms with E-state index < -0.39 is 0 Å². The van der Waals surface area contributed by atoms with Crippen LogP contribution in [0.4, 0.5) is 0 Å². The van der Waals surface area contributed by atoms with Gasteiger partial charge in [-0.05, 0) is 30.9 Å². The Morgan fingerprint density at radius 1 is 1.23 bits per heavy atom. The first-order valence-corrected chi connectivity index (χ1v) is 9.78. The lowest BCUT2D eigenvalue weighted by Gasteiger charge is -2.30. The van der Waals surface area contributed by atoms with E-state index in [9.17, 15) is 9.59 Å². The Bertz CT molecular complexity index is 1030. The lowest BCUT2D eigenvalue weighted by atomic mass is 9.99. The zero-order valence-corrected chi connectivity index (χ0v) is 15.7. The Labute approximate surface area is 155 Å². The lowest BCUT2D eigenvalue weighted by Crippen LogP contribution is -2.38. The summed E-state index contributed by atoms with van der Waals surface area (Å²) in [6.07, 6.45) is 2.13. The first-order valence-electron chi connectivity index (χ1n) is 8.79. The van der Waals surface area contributed by atoms with E-state index in [1.807, 2.05) is 27.5 Å². The van der Waals surface area contributed by atoms with Crippen molar-refractivity contribution in [3.8, 4) is 0 Å². The molecular weight excluding hydrogens is 350 g/mol. The molecule has 0 aliphatic carbocycles. The van der Waals surface area contributed by atoms with Gasteiger partial charge < -0.3 is 4.90 Å². The number of carbonyl (C=O) groups excluding carboxylic acids is 1. The molecule has 136 valence electrons. The third-order valence-corrected chi connectivity index (χ3v) is 5.97. The van der Waals surface area contributed by atoms with Crippen LogP contribution in [0.15, 0.2) is 34.2 Å². The van der Waals surface area contributed by atoms with Gasteiger partial charge in [0.2, 0.25) is 11.7 Å². The maximum Gasteiger partial charge on any atom is 0.262 e. The van der Waals surface area contributed by atoms with Crippen LogP contribution in [0.2, 0.25) is 0 Å². The Morgan fingerprint density at radius 3 is 2.73 bits per heavy atom. The van der Waals surface area contributed by atoms with Gasteiger partial charge in [0.25, 0.3) is 5.56 Å². The fraction of sp³-hybridized carbons (Fsp3) is 0.444. The second-order valence-electron chi connectivity index (χ2n) is 6.85. The average molecular weight is 371 g/mol. The Hall–Kier alpha value is -2.35. The second-order valence-corrected chi connectivity index (χ2v) is 7.79. The number of rotatable bonds is 3. The number of aromatic nitrogens is 4. The number of fused-ring (bicyclic) bond motifs is 3. The van der Waals surface area contributed by atoms with Crippen LogP contribution in [-0.2, 0) is 11.8 Å². The fourth-order valence-corrected chi connectivity index (χ4v) is 4.22. The summed E-state index contributed by atoms with van der Waals surface area (Å²) in [5, 5.41) is 9.62. The summed E-state index contributed by atoms with van der Waals surface area (Å²) in [6, 6.07) is 7.40. The molecule has 0 atom stereocenters. The third-order valence-electron chi connectivity index (χ3n) is 5.06. The van der Waals surface area contributed by atoms with Crippen LogP contribution in [0.1, 0.15) is 19.8 Å². The summed E-state index contributed by atoms with van der Waals surface area (Å²) in [5.74, 6) is 1.63. The largest absolute Gasteiger partial charge is 0.342 e. The molecule has 0 radical (unpaired) electrons. The van der Waals surface area contributed by atoms with Crippen molar-refractivity contribution in [2.75, 3.05) is 18.8 Å². The van der Waals surface area contributed by atoms with Crippen LogP contribution in [0.25, 0.3) is 16.7 Å². The molecule has 1 amide bonds. The molecule has 1 aromatic carbocycles. The number of para-hydroxylation sites is 1. The third kappa shape index (κ3) is 2.88. The smallest absolute Gasteiger partial charge is 0.262 e. The molecule has 0 saturated carbocycles. The van der Waals surface area contributed by atoms with Crippen molar-refractivity contribution in [1.82, 2.24) is 24.1 Å². The van der Waals surface area contributed by atoms with E-state index in [-0.39, 0.29) is 11.5 Å². The molecular formula is C18H21N5O2S. The predicted molar refractivity (Wildman–Crippen MR) is 101 cm³/mol. The van der Waals surface area contributed by atoms with Gasteiger partial charge in [-0.3, -0.25) is 18.6 Å². The Kier molecular flexibility index (Phi) is 4.44. The summed E-state index contributed by atoms with van der Waals surface area (Å²) < 4.78 is 3.35. The SMILES string of the molecule is CC1CCN(C(=O)CSc2nnc3n(C)c(=O)c4ccccc4n23)CC1. The molecule has 0 N–H and O–H groups in total. The summed E-state index contributed by atoms with van der Waals surface area (Å²) in [6.45, 7) is 3.89. The summed E-state index contributed by atoms with van der Waals surface area (Å²) in [5.41, 5.74) is 0.660. The molecule has 7 nitrogen and oxygen atoms in total. The van der Waals surface area contributed by atoms with Crippen LogP contribution >= 0.6 is 11.8 Å². The molecule has 26 heavy (non-hydrogen) atoms. The van der Waals surface area contributed by atoms with Gasteiger partial charge in [-0.15, -0.1) is 10.2 Å². The Balaban J connectivity index is 1.63. The summed E-state index contributed by atoms with van der Waals surface area (Å²) in [7, 11) is 1.69. The molecule has 1 aliphatic heterocycles. The Morgan fingerprint density at radius 2 is 1.96 bits per heavy atom. The van der Waals surface area contributed by atoms with Gasteiger partial charge in [0.15, 0.2) is 5.16 Å². The number of hydrogen-bond donors (Lipinski definition) is 0. The topological polar surface area (TPSA) is 72.5 Å². The van der Waals surface area contributed by atoms with E-state index in [0.717, 1.165) is 31.4 Å². The summed E-state index contributed by atoms with van der Waals surface area (Å²) >= 11 is 1.37. The highest BCUT2D eigenvalue weighted by atomic mass is 32.2. The predicted octanol–water partition coefficient (Wildman–Crippen LogP) is 1.93. The van der Waals surface area contributed by atoms with Gasteiger partial charge in [-0.1, -0.05) is 30.8 Å². The van der Waals surface area contributed by atoms with Crippen LogP contribution in [0.5, 0.6) is 0 Å². The zero-order chi connectivity index (χ0) is 18.3. The lowest BCUT2D eigenvalue weighted by molar-refractivity contribution is -0.129. The average Bonchev–Trinajstić information content (AvgIpc) is 3.09. The number of benzene rings is 1. The van der Waals surface area contributed by atoms with Crippen molar-refractivity contribution in [2.45, 2.75) is 24.9 Å². The first kappa shape index (κ1) is 17.1. The highest BCUT2D eigenvalue weighted by Gasteiger charge is 2.21. The van der Waals surface area contributed by atoms with Gasteiger partial charge in [-0.2, -0.15) is 0 Å². The van der Waals surface area contributed by atoms with Gasteiger partial charge in [0.1, 0.15) is 0 Å². The number of amides is 1. The monoisotopic (exact) mass is 371 g/mol. The van der Waals surface area contributed by atoms with Crippen molar-refractivity contribution in [3.05, 3.63) is 34.6 Å². The maximum atomic E-state index is 12.5. The minimum atomic E-state index is -0.101. The van der Waals surface area contributed by atoms with Gasteiger partial charge in [0.05, 0.1) is 16.7 Å². The van der Waals surface area contributed by atoms with Crippen molar-refractivity contribution < 1.29 is 4.79 Å². The number of thioether (sulfide) groups is 1. The molecule has 0 bridgehead atoms. The molecule has 1 fully saturated rings. The summed E-state index contributed by atoms with van der Waals surface area (Å²) in [4.78, 5) is 26.9. The molecule has 8 heteroatoms. The van der Waals surface area contributed by atoms with E-state index in [1.54, 1.807) is 13.1 Å². The van der Waals surface area contributed by atoms with E-state index in [4.69, 9.17) is 0 Å². The van der Waals surface area contributed by atoms with Crippen molar-refractivity contribution >= 4 is 34.3 Å². The number of piperidine rings is 1. The van der Waals surface area contributed by atoms with Crippen LogP contribution in [0.3, 0.4) is 0 Å². The number of hydrogen-bond acceptors (Lipinski definition) is 5. The van der Waals surface area contributed by atoms with Gasteiger partial charge >= 0.3 is 0 Å². The first-order chi connectivity index (χ1) is 12.6.